The van der Waals surface area contributed by atoms with Gasteiger partial charge in [-0.2, -0.15) is 0 Å². The summed E-state index contributed by atoms with van der Waals surface area (Å²) in [5.74, 6) is -1.09. The van der Waals surface area contributed by atoms with E-state index in [1.807, 2.05) is 36.4 Å². The summed E-state index contributed by atoms with van der Waals surface area (Å²) in [6.07, 6.45) is 1.63. The van der Waals surface area contributed by atoms with Gasteiger partial charge in [0.05, 0.1) is 23.7 Å². The molecule has 0 aliphatic heterocycles. The Labute approximate surface area is 190 Å². The van der Waals surface area contributed by atoms with Crippen LogP contribution >= 0.6 is 0 Å². The molecule has 164 valence electrons. The molecule has 1 N–H and O–H groups in total. The number of nitrogens with zero attached hydrogens (tertiary/aromatic N) is 1. The highest BCUT2D eigenvalue weighted by Gasteiger charge is 2.19. The number of imide groups is 1. The summed E-state index contributed by atoms with van der Waals surface area (Å²) >= 11 is 0. The van der Waals surface area contributed by atoms with Crippen molar-refractivity contribution in [2.24, 2.45) is 0 Å². The summed E-state index contributed by atoms with van der Waals surface area (Å²) in [5.41, 5.74) is 2.26. The third-order valence-corrected chi connectivity index (χ3v) is 4.76. The van der Waals surface area contributed by atoms with E-state index in [0.717, 1.165) is 11.1 Å². The molecule has 0 saturated heterocycles. The van der Waals surface area contributed by atoms with E-state index in [-0.39, 0.29) is 17.9 Å². The molecule has 0 fully saturated rings. The van der Waals surface area contributed by atoms with Gasteiger partial charge in [0.25, 0.3) is 5.91 Å². The van der Waals surface area contributed by atoms with Gasteiger partial charge < -0.3 is 9.15 Å². The summed E-state index contributed by atoms with van der Waals surface area (Å²) < 4.78 is 11.0. The minimum absolute atomic E-state index is 0.0528. The van der Waals surface area contributed by atoms with E-state index in [1.165, 1.54) is 0 Å². The third kappa shape index (κ3) is 5.59. The lowest BCUT2D eigenvalue weighted by molar-refractivity contribution is -0.132. The molecule has 4 aromatic rings. The zero-order valence-electron chi connectivity index (χ0n) is 17.6. The lowest BCUT2D eigenvalue weighted by Crippen LogP contribution is -2.35. The van der Waals surface area contributed by atoms with Crippen molar-refractivity contribution in [1.29, 1.82) is 0 Å². The van der Waals surface area contributed by atoms with Crippen LogP contribution < -0.4 is 5.32 Å². The van der Waals surface area contributed by atoms with Gasteiger partial charge in [0.2, 0.25) is 11.8 Å². The van der Waals surface area contributed by atoms with E-state index in [4.69, 9.17) is 9.15 Å². The van der Waals surface area contributed by atoms with Crippen molar-refractivity contribution in [2.75, 3.05) is 6.61 Å². The number of nitrogens with one attached hydrogen (secondary N) is 1. The van der Waals surface area contributed by atoms with Gasteiger partial charge >= 0.3 is 5.97 Å². The SMILES string of the molecule is O=C(COC(=O)c1ccccc1-c1ncc(-c2ccccc2)o1)NC(=O)Cc1ccccc1. The third-order valence-electron chi connectivity index (χ3n) is 4.76. The topological polar surface area (TPSA) is 98.5 Å². The smallest absolute Gasteiger partial charge is 0.339 e. The van der Waals surface area contributed by atoms with Crippen LogP contribution in [-0.2, 0) is 20.7 Å². The lowest BCUT2D eigenvalue weighted by atomic mass is 10.1. The summed E-state index contributed by atoms with van der Waals surface area (Å²) in [4.78, 5) is 41.0. The molecule has 0 spiro atoms. The number of hydrogen-bond donors (Lipinski definition) is 1. The first-order valence-corrected chi connectivity index (χ1v) is 10.2. The van der Waals surface area contributed by atoms with Crippen LogP contribution in [0, 0.1) is 0 Å². The van der Waals surface area contributed by atoms with Gasteiger partial charge in [-0.15, -0.1) is 0 Å². The zero-order valence-corrected chi connectivity index (χ0v) is 17.6. The Morgan fingerprint density at radius 1 is 0.818 bits per heavy atom. The Hall–Kier alpha value is -4.52. The van der Waals surface area contributed by atoms with E-state index >= 15 is 0 Å². The molecule has 4 rings (SSSR count). The Bertz CT molecular complexity index is 1270. The van der Waals surface area contributed by atoms with Gasteiger partial charge in [0.15, 0.2) is 12.4 Å². The minimum Gasteiger partial charge on any atom is -0.452 e. The summed E-state index contributed by atoms with van der Waals surface area (Å²) in [6.45, 7) is -0.589. The van der Waals surface area contributed by atoms with Gasteiger partial charge in [-0.25, -0.2) is 9.78 Å². The van der Waals surface area contributed by atoms with Crippen molar-refractivity contribution < 1.29 is 23.5 Å². The van der Waals surface area contributed by atoms with Crippen LogP contribution in [0.4, 0.5) is 0 Å². The second-order valence-electron chi connectivity index (χ2n) is 7.15. The fourth-order valence-corrected chi connectivity index (χ4v) is 3.21. The van der Waals surface area contributed by atoms with Crippen molar-refractivity contribution in [1.82, 2.24) is 10.3 Å². The molecule has 33 heavy (non-hydrogen) atoms. The molecular weight excluding hydrogens is 420 g/mol. The molecule has 0 unspecified atom stereocenters. The molecule has 0 atom stereocenters. The maximum atomic E-state index is 12.6. The first-order valence-electron chi connectivity index (χ1n) is 10.2. The number of oxazole rings is 1. The molecule has 0 aliphatic carbocycles. The molecule has 0 radical (unpaired) electrons. The van der Waals surface area contributed by atoms with Crippen LogP contribution in [-0.4, -0.2) is 29.4 Å². The molecule has 3 aromatic carbocycles. The first-order chi connectivity index (χ1) is 16.1. The maximum absolute atomic E-state index is 12.6. The standard InChI is InChI=1S/C26H20N2O5/c29-23(15-18-9-3-1-4-10-18)28-24(30)17-32-26(31)21-14-8-7-13-20(21)25-27-16-22(33-25)19-11-5-2-6-12-19/h1-14,16H,15,17H2,(H,28,29,30). The number of ether oxygens (including phenoxy) is 1. The molecule has 0 bridgehead atoms. The van der Waals surface area contributed by atoms with Crippen molar-refractivity contribution in [3.8, 4) is 22.8 Å². The monoisotopic (exact) mass is 440 g/mol. The van der Waals surface area contributed by atoms with E-state index in [9.17, 15) is 14.4 Å². The van der Waals surface area contributed by atoms with E-state index < -0.39 is 24.4 Å². The second kappa shape index (κ2) is 10.2. The normalized spacial score (nSPS) is 10.4. The van der Waals surface area contributed by atoms with Crippen LogP contribution in [0.15, 0.2) is 95.5 Å². The van der Waals surface area contributed by atoms with Gasteiger partial charge in [-0.1, -0.05) is 72.8 Å². The first kappa shape index (κ1) is 21.7. The molecule has 7 heteroatoms. The minimum atomic E-state index is -0.726. The molecule has 1 aromatic heterocycles. The number of carbonyl (C=O) groups excluding carboxylic acids is 3. The second-order valence-corrected chi connectivity index (χ2v) is 7.15. The van der Waals surface area contributed by atoms with Gasteiger partial charge in [0.1, 0.15) is 0 Å². The fraction of sp³-hybridized carbons (Fsp3) is 0.0769. The predicted molar refractivity (Wildman–Crippen MR) is 121 cm³/mol. The summed E-state index contributed by atoms with van der Waals surface area (Å²) in [7, 11) is 0. The van der Waals surface area contributed by atoms with Crippen molar-refractivity contribution in [2.45, 2.75) is 6.42 Å². The van der Waals surface area contributed by atoms with E-state index in [1.54, 1.807) is 54.7 Å². The largest absolute Gasteiger partial charge is 0.452 e. The van der Waals surface area contributed by atoms with Crippen molar-refractivity contribution in [3.05, 3.63) is 102 Å². The van der Waals surface area contributed by atoms with Crippen molar-refractivity contribution in [3.63, 3.8) is 0 Å². The fourth-order valence-electron chi connectivity index (χ4n) is 3.21. The van der Waals surface area contributed by atoms with Crippen molar-refractivity contribution >= 4 is 17.8 Å². The average Bonchev–Trinajstić information content (AvgIpc) is 3.34. The molecule has 0 saturated carbocycles. The number of aromatic nitrogens is 1. The summed E-state index contributed by atoms with van der Waals surface area (Å²) in [5, 5.41) is 2.22. The van der Waals surface area contributed by atoms with Gasteiger partial charge in [-0.05, 0) is 17.7 Å². The molecule has 0 aliphatic rings. The van der Waals surface area contributed by atoms with E-state index in [2.05, 4.69) is 10.3 Å². The molecule has 7 nitrogen and oxygen atoms in total. The quantitative estimate of drug-likeness (QED) is 0.436. The van der Waals surface area contributed by atoms with Crippen LogP contribution in [0.2, 0.25) is 0 Å². The number of esters is 1. The highest BCUT2D eigenvalue weighted by atomic mass is 16.5. The summed E-state index contributed by atoms with van der Waals surface area (Å²) in [6, 6.07) is 25.1. The van der Waals surface area contributed by atoms with Gasteiger partial charge in [0, 0.05) is 5.56 Å². The number of hydrogen-bond acceptors (Lipinski definition) is 6. The lowest BCUT2D eigenvalue weighted by Gasteiger charge is -2.08. The number of amides is 2. The van der Waals surface area contributed by atoms with Crippen LogP contribution in [0.3, 0.4) is 0 Å². The van der Waals surface area contributed by atoms with Gasteiger partial charge in [-0.3, -0.25) is 14.9 Å². The molecule has 2 amide bonds. The highest BCUT2D eigenvalue weighted by molar-refractivity contribution is 6.00. The number of benzene rings is 3. The zero-order chi connectivity index (χ0) is 23.0. The van der Waals surface area contributed by atoms with E-state index in [0.29, 0.717) is 11.3 Å². The molecule has 1 heterocycles. The Morgan fingerprint density at radius 3 is 2.24 bits per heavy atom. The number of carbonyl (C=O) groups is 3. The number of rotatable bonds is 7. The Kier molecular flexibility index (Phi) is 6.70. The van der Waals surface area contributed by atoms with Crippen LogP contribution in [0.1, 0.15) is 15.9 Å². The Morgan fingerprint density at radius 2 is 1.48 bits per heavy atom. The van der Waals surface area contributed by atoms with Crippen LogP contribution in [0.25, 0.3) is 22.8 Å². The Balaban J connectivity index is 1.39. The highest BCUT2D eigenvalue weighted by Crippen LogP contribution is 2.28. The van der Waals surface area contributed by atoms with Crippen LogP contribution in [0.5, 0.6) is 0 Å². The maximum Gasteiger partial charge on any atom is 0.339 e. The predicted octanol–water partition coefficient (Wildman–Crippen LogP) is 4.05. The molecular formula is C26H20N2O5. The average molecular weight is 440 g/mol.